The van der Waals surface area contributed by atoms with Gasteiger partial charge >= 0.3 is 17.9 Å². The van der Waals surface area contributed by atoms with Gasteiger partial charge in [-0.1, -0.05) is 54.6 Å². The zero-order valence-corrected chi connectivity index (χ0v) is 23.3. The zero-order valence-electron chi connectivity index (χ0n) is 22.5. The average molecular weight is 597 g/mol. The standard InChI is InChI=1S/C32H24N2O8S/c35-29-22-17-43-28(24(22)33-18-34-29)27-26(42-32(38)21-14-8-3-9-15-21)25(41-31(37)20-12-6-2-7-13-20)23(40-27)16-39-30(36)19-10-4-1-5-11-19/h1-15,17-18,23,25-27H,16H2,(H,33,34,35)/t23-,25-,26-,27-/m1/s1. The number of hydrogen-bond donors (Lipinski definition) is 1. The number of hydrogen-bond acceptors (Lipinski definition) is 10. The van der Waals surface area contributed by atoms with Gasteiger partial charge in [0.25, 0.3) is 5.56 Å². The number of fused-ring (bicyclic) bond motifs is 1. The highest BCUT2D eigenvalue weighted by Crippen LogP contribution is 2.42. The maximum atomic E-state index is 13.3. The summed E-state index contributed by atoms with van der Waals surface area (Å²) in [5.74, 6) is -1.96. The molecule has 1 N–H and O–H groups in total. The van der Waals surface area contributed by atoms with Crippen molar-refractivity contribution in [3.63, 3.8) is 0 Å². The highest BCUT2D eigenvalue weighted by atomic mass is 32.1. The van der Waals surface area contributed by atoms with Crippen LogP contribution < -0.4 is 5.56 Å². The molecule has 0 bridgehead atoms. The van der Waals surface area contributed by atoms with Crippen molar-refractivity contribution in [3.05, 3.63) is 135 Å². The Hall–Kier alpha value is -5.13. The number of aromatic nitrogens is 2. The van der Waals surface area contributed by atoms with E-state index in [0.717, 1.165) is 0 Å². The maximum Gasteiger partial charge on any atom is 0.338 e. The van der Waals surface area contributed by atoms with E-state index >= 15 is 0 Å². The lowest BCUT2D eigenvalue weighted by molar-refractivity contribution is -0.0448. The van der Waals surface area contributed by atoms with Crippen molar-refractivity contribution in [2.24, 2.45) is 0 Å². The molecule has 0 aliphatic carbocycles. The zero-order chi connectivity index (χ0) is 29.8. The van der Waals surface area contributed by atoms with Crippen LogP contribution in [0, 0.1) is 0 Å². The maximum absolute atomic E-state index is 13.3. The van der Waals surface area contributed by atoms with E-state index in [2.05, 4.69) is 9.97 Å². The summed E-state index contributed by atoms with van der Waals surface area (Å²) in [6.45, 7) is -0.312. The Morgan fingerprint density at radius 1 is 0.767 bits per heavy atom. The summed E-state index contributed by atoms with van der Waals surface area (Å²) >= 11 is 1.19. The van der Waals surface area contributed by atoms with Crippen LogP contribution in [-0.2, 0) is 18.9 Å². The third-order valence-electron chi connectivity index (χ3n) is 6.89. The molecule has 0 unspecified atom stereocenters. The fourth-order valence-electron chi connectivity index (χ4n) is 4.79. The van der Waals surface area contributed by atoms with Gasteiger partial charge in [0, 0.05) is 5.38 Å². The number of esters is 3. The number of ether oxygens (including phenoxy) is 4. The fraction of sp³-hybridized carbons (Fsp3) is 0.156. The van der Waals surface area contributed by atoms with Crippen molar-refractivity contribution in [1.29, 1.82) is 0 Å². The van der Waals surface area contributed by atoms with Crippen LogP contribution in [0.15, 0.2) is 107 Å². The molecule has 1 saturated heterocycles. The molecule has 5 aromatic rings. The van der Waals surface area contributed by atoms with Crippen LogP contribution >= 0.6 is 11.3 Å². The largest absolute Gasteiger partial charge is 0.459 e. The molecule has 43 heavy (non-hydrogen) atoms. The van der Waals surface area contributed by atoms with Gasteiger partial charge in [-0.25, -0.2) is 19.4 Å². The number of thiophene rings is 1. The van der Waals surface area contributed by atoms with E-state index in [1.165, 1.54) is 17.7 Å². The molecule has 0 saturated carbocycles. The molecule has 0 radical (unpaired) electrons. The quantitative estimate of drug-likeness (QED) is 0.199. The lowest BCUT2D eigenvalue weighted by atomic mass is 10.0. The summed E-state index contributed by atoms with van der Waals surface area (Å²) in [4.78, 5) is 59.2. The number of benzene rings is 3. The van der Waals surface area contributed by atoms with Crippen LogP contribution in [0.25, 0.3) is 10.9 Å². The van der Waals surface area contributed by atoms with Crippen LogP contribution in [0.4, 0.5) is 0 Å². The molecule has 0 spiro atoms. The predicted molar refractivity (Wildman–Crippen MR) is 156 cm³/mol. The summed E-state index contributed by atoms with van der Waals surface area (Å²) in [5, 5.41) is 1.96. The summed E-state index contributed by atoms with van der Waals surface area (Å²) in [7, 11) is 0. The molecular weight excluding hydrogens is 572 g/mol. The highest BCUT2D eigenvalue weighted by molar-refractivity contribution is 7.11. The second kappa shape index (κ2) is 12.4. The van der Waals surface area contributed by atoms with E-state index in [1.807, 2.05) is 0 Å². The minimum absolute atomic E-state index is 0.272. The van der Waals surface area contributed by atoms with Gasteiger partial charge < -0.3 is 23.9 Å². The number of aromatic amines is 1. The SMILES string of the molecule is O=C(OC[C@H]1O[C@@H](c2scc3c(=O)[nH]cnc23)[C@H](OC(=O)c2ccccc2)[C@@H]1OC(=O)c1ccccc1)c1ccccc1. The number of nitrogens with zero attached hydrogens (tertiary/aromatic N) is 1. The first-order valence-corrected chi connectivity index (χ1v) is 14.2. The second-order valence-electron chi connectivity index (χ2n) is 9.63. The van der Waals surface area contributed by atoms with Crippen LogP contribution in [0.1, 0.15) is 42.1 Å². The van der Waals surface area contributed by atoms with Crippen molar-refractivity contribution < 1.29 is 33.3 Å². The molecule has 6 rings (SSSR count). The molecule has 0 amide bonds. The number of carbonyl (C=O) groups excluding carboxylic acids is 3. The fourth-order valence-corrected chi connectivity index (χ4v) is 5.85. The predicted octanol–water partition coefficient (Wildman–Crippen LogP) is 4.73. The summed E-state index contributed by atoms with van der Waals surface area (Å²) in [6, 6.07) is 25.1. The van der Waals surface area contributed by atoms with Crippen molar-refractivity contribution in [2.75, 3.05) is 6.61 Å². The Morgan fingerprint density at radius 2 is 1.30 bits per heavy atom. The minimum Gasteiger partial charge on any atom is -0.459 e. The molecular formula is C32H24N2O8S. The average Bonchev–Trinajstić information content (AvgIpc) is 3.63. The Balaban J connectivity index is 1.37. The topological polar surface area (TPSA) is 134 Å². The van der Waals surface area contributed by atoms with Crippen LogP contribution in [0.5, 0.6) is 0 Å². The van der Waals surface area contributed by atoms with E-state index in [0.29, 0.717) is 21.3 Å². The number of carbonyl (C=O) groups is 3. The molecule has 1 aliphatic rings. The third kappa shape index (κ3) is 5.94. The molecule has 4 atom stereocenters. The van der Waals surface area contributed by atoms with Crippen LogP contribution in [0.2, 0.25) is 0 Å². The molecule has 2 aromatic heterocycles. The summed E-state index contributed by atoms with van der Waals surface area (Å²) in [5.41, 5.74) is 0.890. The Morgan fingerprint density at radius 3 is 1.88 bits per heavy atom. The van der Waals surface area contributed by atoms with Gasteiger partial charge in [-0.2, -0.15) is 0 Å². The second-order valence-corrected chi connectivity index (χ2v) is 10.5. The van der Waals surface area contributed by atoms with Crippen molar-refractivity contribution in [2.45, 2.75) is 24.4 Å². The van der Waals surface area contributed by atoms with E-state index in [-0.39, 0.29) is 23.3 Å². The molecule has 1 fully saturated rings. The van der Waals surface area contributed by atoms with Gasteiger partial charge in [-0.15, -0.1) is 11.3 Å². The number of H-pyrrole nitrogens is 1. The third-order valence-corrected chi connectivity index (χ3v) is 7.92. The van der Waals surface area contributed by atoms with Gasteiger partial charge in [0.05, 0.1) is 38.8 Å². The van der Waals surface area contributed by atoms with Crippen LogP contribution in [-0.4, -0.2) is 52.8 Å². The van der Waals surface area contributed by atoms with E-state index in [1.54, 1.807) is 96.4 Å². The monoisotopic (exact) mass is 596 g/mol. The minimum atomic E-state index is -1.19. The van der Waals surface area contributed by atoms with Crippen LogP contribution in [0.3, 0.4) is 0 Å². The highest BCUT2D eigenvalue weighted by Gasteiger charge is 2.52. The molecule has 11 heteroatoms. The summed E-state index contributed by atoms with van der Waals surface area (Å²) < 4.78 is 23.9. The molecule has 10 nitrogen and oxygen atoms in total. The molecule has 1 aliphatic heterocycles. The van der Waals surface area contributed by atoms with E-state index < -0.39 is 42.3 Å². The first-order chi connectivity index (χ1) is 21.0. The number of rotatable bonds is 8. The first kappa shape index (κ1) is 28.0. The lowest BCUT2D eigenvalue weighted by Crippen LogP contribution is -2.40. The van der Waals surface area contributed by atoms with Gasteiger partial charge in [0.2, 0.25) is 0 Å². The van der Waals surface area contributed by atoms with Gasteiger partial charge in [-0.05, 0) is 36.4 Å². The normalized spacial score (nSPS) is 19.5. The van der Waals surface area contributed by atoms with Crippen molar-refractivity contribution >= 4 is 40.1 Å². The first-order valence-electron chi connectivity index (χ1n) is 13.3. The van der Waals surface area contributed by atoms with Crippen molar-refractivity contribution in [1.82, 2.24) is 9.97 Å². The smallest absolute Gasteiger partial charge is 0.338 e. The van der Waals surface area contributed by atoms with E-state index in [4.69, 9.17) is 18.9 Å². The molecule has 3 aromatic carbocycles. The van der Waals surface area contributed by atoms with E-state index in [9.17, 15) is 19.2 Å². The Bertz CT molecular complexity index is 1810. The lowest BCUT2D eigenvalue weighted by Gasteiger charge is -2.24. The number of nitrogens with one attached hydrogen (secondary N) is 1. The van der Waals surface area contributed by atoms with Gasteiger partial charge in [0.15, 0.2) is 12.2 Å². The molecule has 216 valence electrons. The summed E-state index contributed by atoms with van der Waals surface area (Å²) in [6.07, 6.45) is -3.12. The van der Waals surface area contributed by atoms with Gasteiger partial charge in [-0.3, -0.25) is 4.79 Å². The Labute approximate surface area is 248 Å². The Kier molecular flexibility index (Phi) is 8.07. The molecule has 3 heterocycles. The van der Waals surface area contributed by atoms with Gasteiger partial charge in [0.1, 0.15) is 18.8 Å². The van der Waals surface area contributed by atoms with Crippen molar-refractivity contribution in [3.8, 4) is 0 Å².